The highest BCUT2D eigenvalue weighted by molar-refractivity contribution is 7.15. The van der Waals surface area contributed by atoms with Crippen molar-refractivity contribution in [3.05, 3.63) is 99.0 Å². The van der Waals surface area contributed by atoms with Gasteiger partial charge >= 0.3 is 0 Å². The van der Waals surface area contributed by atoms with E-state index in [1.54, 1.807) is 16.5 Å². The summed E-state index contributed by atoms with van der Waals surface area (Å²) in [6, 6.07) is 16.5. The number of fused-ring (bicyclic) bond motifs is 1. The van der Waals surface area contributed by atoms with Crippen molar-refractivity contribution in [2.24, 2.45) is 0 Å². The molecule has 0 bridgehead atoms. The topological polar surface area (TPSA) is 59.8 Å². The van der Waals surface area contributed by atoms with Crippen molar-refractivity contribution < 1.29 is 13.9 Å². The zero-order chi connectivity index (χ0) is 22.8. The van der Waals surface area contributed by atoms with Crippen LogP contribution in [0.2, 0.25) is 0 Å². The number of carbonyl (C=O) groups excluding carboxylic acids is 1. The number of carbonyl (C=O) groups is 1. The van der Waals surface area contributed by atoms with E-state index in [4.69, 9.17) is 4.74 Å². The van der Waals surface area contributed by atoms with Gasteiger partial charge in [0.15, 0.2) is 6.10 Å². The molecular formula is C25H23FN2O3S. The quantitative estimate of drug-likeness (QED) is 0.448. The van der Waals surface area contributed by atoms with E-state index < -0.39 is 12.1 Å². The maximum atomic E-state index is 13.5. The second-order valence-electron chi connectivity index (χ2n) is 7.59. The van der Waals surface area contributed by atoms with E-state index >= 15 is 0 Å². The maximum Gasteiger partial charge on any atom is 0.264 e. The summed E-state index contributed by atoms with van der Waals surface area (Å²) in [6.07, 6.45) is -0.776. The number of nitrogens with zero attached hydrogens (tertiary/aromatic N) is 1. The zero-order valence-corrected chi connectivity index (χ0v) is 18.8. The number of methoxy groups -OCH3 is 1. The second kappa shape index (κ2) is 9.06. The highest BCUT2D eigenvalue weighted by Gasteiger charge is 2.25. The normalized spacial score (nSPS) is 13.1. The first kappa shape index (κ1) is 21.9. The van der Waals surface area contributed by atoms with E-state index in [1.807, 2.05) is 55.6 Å². The summed E-state index contributed by atoms with van der Waals surface area (Å²) >= 11 is 1.46. The molecular weight excluding hydrogens is 427 g/mol. The minimum Gasteiger partial charge on any atom is -0.367 e. The molecule has 0 aliphatic rings. The fourth-order valence-electron chi connectivity index (χ4n) is 3.86. The van der Waals surface area contributed by atoms with E-state index in [0.29, 0.717) is 16.7 Å². The van der Waals surface area contributed by atoms with E-state index in [9.17, 15) is 14.0 Å². The Balaban J connectivity index is 1.77. The smallest absolute Gasteiger partial charge is 0.264 e. The number of pyridine rings is 1. The summed E-state index contributed by atoms with van der Waals surface area (Å²) in [6.45, 7) is 3.70. The standard InChI is InChI=1S/C25H23FN2O3S/c1-15-14-32-21-13-20(22(25(30)28(15)21)17-9-11-19(26)12-10-17)16(2)27-24(29)23(31-3)18-7-5-4-6-8-18/h4-14,16,23H,1-3H3,(H,27,29). The molecule has 0 spiro atoms. The predicted molar refractivity (Wildman–Crippen MR) is 124 cm³/mol. The summed E-state index contributed by atoms with van der Waals surface area (Å²) in [5, 5.41) is 4.90. The lowest BCUT2D eigenvalue weighted by atomic mass is 9.96. The average molecular weight is 451 g/mol. The van der Waals surface area contributed by atoms with E-state index in [2.05, 4.69) is 5.32 Å². The summed E-state index contributed by atoms with van der Waals surface area (Å²) in [5.74, 6) is -0.686. The van der Waals surface area contributed by atoms with Crippen molar-refractivity contribution in [3.63, 3.8) is 0 Å². The number of hydrogen-bond donors (Lipinski definition) is 1. The summed E-state index contributed by atoms with van der Waals surface area (Å²) in [7, 11) is 1.48. The minimum atomic E-state index is -0.776. The number of aromatic nitrogens is 1. The van der Waals surface area contributed by atoms with Crippen LogP contribution in [-0.2, 0) is 9.53 Å². The van der Waals surface area contributed by atoms with Crippen molar-refractivity contribution in [3.8, 4) is 11.1 Å². The minimum absolute atomic E-state index is 0.199. The van der Waals surface area contributed by atoms with Crippen LogP contribution in [0.15, 0.2) is 70.8 Å². The second-order valence-corrected chi connectivity index (χ2v) is 8.48. The van der Waals surface area contributed by atoms with Gasteiger partial charge in [-0.3, -0.25) is 14.0 Å². The Morgan fingerprint density at radius 2 is 1.81 bits per heavy atom. The lowest BCUT2D eigenvalue weighted by molar-refractivity contribution is -0.132. The Morgan fingerprint density at radius 3 is 2.47 bits per heavy atom. The molecule has 0 aliphatic carbocycles. The number of hydrogen-bond acceptors (Lipinski definition) is 4. The molecule has 1 N–H and O–H groups in total. The zero-order valence-electron chi connectivity index (χ0n) is 18.0. The molecule has 0 fully saturated rings. The van der Waals surface area contributed by atoms with Gasteiger partial charge in [-0.1, -0.05) is 42.5 Å². The maximum absolute atomic E-state index is 13.5. The summed E-state index contributed by atoms with van der Waals surface area (Å²) in [5.41, 5.74) is 3.06. The van der Waals surface area contributed by atoms with Crippen LogP contribution in [0.25, 0.3) is 16.0 Å². The molecule has 164 valence electrons. The number of aryl methyl sites for hydroxylation is 1. The van der Waals surface area contributed by atoms with Crippen molar-refractivity contribution in [1.29, 1.82) is 0 Å². The molecule has 0 aliphatic heterocycles. The lowest BCUT2D eigenvalue weighted by Gasteiger charge is -2.22. The Kier molecular flexibility index (Phi) is 6.21. The van der Waals surface area contributed by atoms with Gasteiger partial charge in [-0.05, 0) is 48.7 Å². The van der Waals surface area contributed by atoms with Crippen LogP contribution in [0.3, 0.4) is 0 Å². The molecule has 2 aromatic carbocycles. The van der Waals surface area contributed by atoms with E-state index in [0.717, 1.165) is 16.1 Å². The van der Waals surface area contributed by atoms with Crippen LogP contribution in [0.1, 0.15) is 35.9 Å². The van der Waals surface area contributed by atoms with Gasteiger partial charge in [-0.25, -0.2) is 4.39 Å². The first-order valence-electron chi connectivity index (χ1n) is 10.2. The SMILES string of the molecule is COC(C(=O)NC(C)c1cc2scc(C)n2c(=O)c1-c1ccc(F)cc1)c1ccccc1. The highest BCUT2D eigenvalue weighted by atomic mass is 32.1. The van der Waals surface area contributed by atoms with Crippen molar-refractivity contribution in [1.82, 2.24) is 9.72 Å². The van der Waals surface area contributed by atoms with Crippen LogP contribution < -0.4 is 10.9 Å². The molecule has 0 saturated carbocycles. The first-order chi connectivity index (χ1) is 15.4. The van der Waals surface area contributed by atoms with Gasteiger partial charge in [-0.15, -0.1) is 11.3 Å². The van der Waals surface area contributed by atoms with Gasteiger partial charge in [0.2, 0.25) is 0 Å². The third-order valence-corrected chi connectivity index (χ3v) is 6.44. The molecule has 4 aromatic rings. The Bertz CT molecular complexity index is 1310. The monoisotopic (exact) mass is 450 g/mol. The predicted octanol–water partition coefficient (Wildman–Crippen LogP) is 5.04. The van der Waals surface area contributed by atoms with Crippen LogP contribution in [0.4, 0.5) is 4.39 Å². The number of benzene rings is 2. The molecule has 5 nitrogen and oxygen atoms in total. The lowest BCUT2D eigenvalue weighted by Crippen LogP contribution is -2.33. The summed E-state index contributed by atoms with van der Waals surface area (Å²) < 4.78 is 20.6. The molecule has 2 unspecified atom stereocenters. The van der Waals surface area contributed by atoms with Crippen LogP contribution in [0.5, 0.6) is 0 Å². The van der Waals surface area contributed by atoms with E-state index in [1.165, 1.54) is 30.6 Å². The van der Waals surface area contributed by atoms with Gasteiger partial charge < -0.3 is 10.1 Å². The van der Waals surface area contributed by atoms with Crippen LogP contribution in [0, 0.1) is 12.7 Å². The number of amides is 1. The molecule has 1 amide bonds. The molecule has 32 heavy (non-hydrogen) atoms. The number of ether oxygens (including phenoxy) is 1. The number of rotatable bonds is 6. The fourth-order valence-corrected chi connectivity index (χ4v) is 4.79. The first-order valence-corrected chi connectivity index (χ1v) is 11.1. The fraction of sp³-hybridized carbons (Fsp3) is 0.200. The third-order valence-electron chi connectivity index (χ3n) is 5.44. The number of thiazole rings is 1. The average Bonchev–Trinajstić information content (AvgIpc) is 3.16. The van der Waals surface area contributed by atoms with Crippen molar-refractivity contribution >= 4 is 22.1 Å². The molecule has 2 atom stereocenters. The third kappa shape index (κ3) is 4.09. The highest BCUT2D eigenvalue weighted by Crippen LogP contribution is 2.30. The largest absolute Gasteiger partial charge is 0.367 e. The van der Waals surface area contributed by atoms with Crippen molar-refractivity contribution in [2.75, 3.05) is 7.11 Å². The Labute approximate surface area is 189 Å². The van der Waals surface area contributed by atoms with E-state index in [-0.39, 0.29) is 17.3 Å². The summed E-state index contributed by atoms with van der Waals surface area (Å²) in [4.78, 5) is 27.3. The van der Waals surface area contributed by atoms with Crippen molar-refractivity contribution in [2.45, 2.75) is 26.0 Å². The number of halogens is 1. The Morgan fingerprint density at radius 1 is 1.12 bits per heavy atom. The van der Waals surface area contributed by atoms with Gasteiger partial charge in [0.05, 0.1) is 11.6 Å². The van der Waals surface area contributed by atoms with Gasteiger partial charge in [0, 0.05) is 18.2 Å². The van der Waals surface area contributed by atoms with Gasteiger partial charge in [0.1, 0.15) is 10.6 Å². The Hall–Kier alpha value is -3.29. The molecule has 7 heteroatoms. The van der Waals surface area contributed by atoms with Gasteiger partial charge in [0.25, 0.3) is 11.5 Å². The molecule has 2 heterocycles. The molecule has 0 saturated heterocycles. The van der Waals surface area contributed by atoms with Crippen LogP contribution >= 0.6 is 11.3 Å². The molecule has 4 rings (SSSR count). The molecule has 2 aromatic heterocycles. The molecule has 0 radical (unpaired) electrons. The van der Waals surface area contributed by atoms with Gasteiger partial charge in [-0.2, -0.15) is 0 Å². The number of nitrogens with one attached hydrogen (secondary N) is 1. The van der Waals surface area contributed by atoms with Crippen LogP contribution in [-0.4, -0.2) is 17.4 Å².